The molecule has 0 aromatic heterocycles. The minimum atomic E-state index is 0.799. The fraction of sp³-hybridized carbons (Fsp3) is 0.571. The van der Waals surface area contributed by atoms with Gasteiger partial charge in [-0.1, -0.05) is 47.3 Å². The average Bonchev–Trinajstić information content (AvgIpc) is 2.27. The fourth-order valence-electron chi connectivity index (χ4n) is 2.53. The molecular formula is C14H19Br. The molecule has 0 unspecified atom stereocenters. The standard InChI is InChI=1S/C14H19Br/c1-10-8-9-13(14(15)11(10)2)12-6-4-3-5-7-12/h8-9,12H,3-7H2,1-2H3. The van der Waals surface area contributed by atoms with Crippen LogP contribution in [-0.4, -0.2) is 0 Å². The third kappa shape index (κ3) is 2.28. The molecule has 0 nitrogen and oxygen atoms in total. The summed E-state index contributed by atoms with van der Waals surface area (Å²) in [4.78, 5) is 0. The highest BCUT2D eigenvalue weighted by Crippen LogP contribution is 2.38. The molecule has 1 aromatic carbocycles. The Morgan fingerprint density at radius 2 is 1.73 bits per heavy atom. The molecule has 0 bridgehead atoms. The topological polar surface area (TPSA) is 0 Å². The Kier molecular flexibility index (Phi) is 3.50. The van der Waals surface area contributed by atoms with E-state index in [-0.39, 0.29) is 0 Å². The second kappa shape index (κ2) is 4.69. The second-order valence-electron chi connectivity index (χ2n) is 4.75. The lowest BCUT2D eigenvalue weighted by molar-refractivity contribution is 0.442. The molecule has 0 radical (unpaired) electrons. The molecule has 0 aliphatic heterocycles. The zero-order valence-electron chi connectivity index (χ0n) is 9.65. The molecule has 0 spiro atoms. The highest BCUT2D eigenvalue weighted by molar-refractivity contribution is 9.10. The summed E-state index contributed by atoms with van der Waals surface area (Å²) in [6, 6.07) is 4.59. The fourth-order valence-corrected chi connectivity index (χ4v) is 3.30. The number of rotatable bonds is 1. The summed E-state index contributed by atoms with van der Waals surface area (Å²) in [7, 11) is 0. The number of benzene rings is 1. The van der Waals surface area contributed by atoms with Gasteiger partial charge in [0, 0.05) is 4.47 Å². The van der Waals surface area contributed by atoms with Gasteiger partial charge in [-0.05, 0) is 49.3 Å². The van der Waals surface area contributed by atoms with Gasteiger partial charge in [0.25, 0.3) is 0 Å². The van der Waals surface area contributed by atoms with E-state index in [9.17, 15) is 0 Å². The SMILES string of the molecule is Cc1ccc(C2CCCCC2)c(Br)c1C. The Morgan fingerprint density at radius 1 is 1.07 bits per heavy atom. The average molecular weight is 267 g/mol. The molecular weight excluding hydrogens is 248 g/mol. The van der Waals surface area contributed by atoms with E-state index in [0.717, 1.165) is 5.92 Å². The maximum absolute atomic E-state index is 3.77. The monoisotopic (exact) mass is 266 g/mol. The maximum atomic E-state index is 3.77. The zero-order chi connectivity index (χ0) is 10.8. The highest BCUT2D eigenvalue weighted by atomic mass is 79.9. The van der Waals surface area contributed by atoms with E-state index in [2.05, 4.69) is 41.9 Å². The Morgan fingerprint density at radius 3 is 2.40 bits per heavy atom. The first-order chi connectivity index (χ1) is 7.20. The number of hydrogen-bond acceptors (Lipinski definition) is 0. The summed E-state index contributed by atoms with van der Waals surface area (Å²) in [5.74, 6) is 0.799. The summed E-state index contributed by atoms with van der Waals surface area (Å²) in [6.45, 7) is 4.40. The van der Waals surface area contributed by atoms with Crippen LogP contribution < -0.4 is 0 Å². The Labute approximate surface area is 101 Å². The molecule has 1 aliphatic rings. The summed E-state index contributed by atoms with van der Waals surface area (Å²) >= 11 is 3.77. The number of halogens is 1. The first-order valence-electron chi connectivity index (χ1n) is 5.95. The third-order valence-corrected chi connectivity index (χ3v) is 4.78. The van der Waals surface area contributed by atoms with Crippen molar-refractivity contribution in [1.82, 2.24) is 0 Å². The van der Waals surface area contributed by atoms with Gasteiger partial charge >= 0.3 is 0 Å². The van der Waals surface area contributed by atoms with E-state index in [1.807, 2.05) is 0 Å². The van der Waals surface area contributed by atoms with Crippen molar-refractivity contribution in [3.63, 3.8) is 0 Å². The largest absolute Gasteiger partial charge is 0.0587 e. The minimum Gasteiger partial charge on any atom is -0.0587 e. The Bertz CT molecular complexity index is 349. The van der Waals surface area contributed by atoms with E-state index in [1.54, 1.807) is 0 Å². The maximum Gasteiger partial charge on any atom is 0.0241 e. The van der Waals surface area contributed by atoms with Gasteiger partial charge in [-0.25, -0.2) is 0 Å². The van der Waals surface area contributed by atoms with Crippen LogP contribution in [0.5, 0.6) is 0 Å². The van der Waals surface area contributed by atoms with E-state index in [1.165, 1.54) is 53.3 Å². The third-order valence-electron chi connectivity index (χ3n) is 3.73. The molecule has 0 heterocycles. The summed E-state index contributed by atoms with van der Waals surface area (Å²) in [6.07, 6.45) is 7.00. The van der Waals surface area contributed by atoms with Crippen molar-refractivity contribution in [3.05, 3.63) is 33.3 Å². The number of hydrogen-bond donors (Lipinski definition) is 0. The molecule has 0 N–H and O–H groups in total. The van der Waals surface area contributed by atoms with E-state index in [0.29, 0.717) is 0 Å². The van der Waals surface area contributed by atoms with Gasteiger partial charge in [0.05, 0.1) is 0 Å². The molecule has 1 saturated carbocycles. The zero-order valence-corrected chi connectivity index (χ0v) is 11.2. The molecule has 0 saturated heterocycles. The summed E-state index contributed by atoms with van der Waals surface area (Å²) in [5, 5.41) is 0. The van der Waals surface area contributed by atoms with Crippen molar-refractivity contribution in [2.24, 2.45) is 0 Å². The lowest BCUT2D eigenvalue weighted by Gasteiger charge is -2.24. The van der Waals surface area contributed by atoms with Crippen LogP contribution >= 0.6 is 15.9 Å². The lowest BCUT2D eigenvalue weighted by atomic mass is 9.83. The van der Waals surface area contributed by atoms with Crippen molar-refractivity contribution in [1.29, 1.82) is 0 Å². The highest BCUT2D eigenvalue weighted by Gasteiger charge is 2.18. The van der Waals surface area contributed by atoms with Gasteiger partial charge in [0.1, 0.15) is 0 Å². The molecule has 0 atom stereocenters. The van der Waals surface area contributed by atoms with Crippen LogP contribution in [-0.2, 0) is 0 Å². The predicted molar refractivity (Wildman–Crippen MR) is 69.4 cm³/mol. The quantitative estimate of drug-likeness (QED) is 0.663. The lowest BCUT2D eigenvalue weighted by Crippen LogP contribution is -2.06. The molecule has 1 fully saturated rings. The molecule has 1 heteroatoms. The van der Waals surface area contributed by atoms with Crippen molar-refractivity contribution >= 4 is 15.9 Å². The van der Waals surface area contributed by atoms with Gasteiger partial charge in [-0.3, -0.25) is 0 Å². The van der Waals surface area contributed by atoms with Crippen LogP contribution in [0.2, 0.25) is 0 Å². The molecule has 82 valence electrons. The molecule has 2 rings (SSSR count). The molecule has 15 heavy (non-hydrogen) atoms. The predicted octanol–water partition coefficient (Wildman–Crippen LogP) is 5.11. The van der Waals surface area contributed by atoms with Crippen LogP contribution in [0.25, 0.3) is 0 Å². The van der Waals surface area contributed by atoms with E-state index in [4.69, 9.17) is 0 Å². The van der Waals surface area contributed by atoms with Gasteiger partial charge in [0.2, 0.25) is 0 Å². The van der Waals surface area contributed by atoms with E-state index < -0.39 is 0 Å². The normalized spacial score (nSPS) is 18.1. The van der Waals surface area contributed by atoms with Crippen LogP contribution in [0.15, 0.2) is 16.6 Å². The van der Waals surface area contributed by atoms with E-state index >= 15 is 0 Å². The Hall–Kier alpha value is -0.300. The van der Waals surface area contributed by atoms with Gasteiger partial charge in [-0.15, -0.1) is 0 Å². The first-order valence-corrected chi connectivity index (χ1v) is 6.75. The Balaban J connectivity index is 2.31. The van der Waals surface area contributed by atoms with Crippen LogP contribution in [0.1, 0.15) is 54.7 Å². The molecule has 1 aliphatic carbocycles. The smallest absolute Gasteiger partial charge is 0.0241 e. The van der Waals surface area contributed by atoms with Crippen LogP contribution in [0.3, 0.4) is 0 Å². The second-order valence-corrected chi connectivity index (χ2v) is 5.54. The minimum absolute atomic E-state index is 0.799. The van der Waals surface area contributed by atoms with Crippen molar-refractivity contribution in [2.75, 3.05) is 0 Å². The summed E-state index contributed by atoms with van der Waals surface area (Å²) in [5.41, 5.74) is 4.34. The molecule has 1 aromatic rings. The van der Waals surface area contributed by atoms with Gasteiger partial charge < -0.3 is 0 Å². The van der Waals surface area contributed by atoms with Crippen LogP contribution in [0, 0.1) is 13.8 Å². The van der Waals surface area contributed by atoms with Crippen molar-refractivity contribution < 1.29 is 0 Å². The van der Waals surface area contributed by atoms with Crippen molar-refractivity contribution in [3.8, 4) is 0 Å². The van der Waals surface area contributed by atoms with Gasteiger partial charge in [0.15, 0.2) is 0 Å². The number of aryl methyl sites for hydroxylation is 1. The first kappa shape index (κ1) is 11.2. The molecule has 0 amide bonds. The van der Waals surface area contributed by atoms with Crippen LogP contribution in [0.4, 0.5) is 0 Å². The summed E-state index contributed by atoms with van der Waals surface area (Å²) < 4.78 is 1.36. The van der Waals surface area contributed by atoms with Crippen molar-refractivity contribution in [2.45, 2.75) is 51.9 Å². The van der Waals surface area contributed by atoms with Gasteiger partial charge in [-0.2, -0.15) is 0 Å².